The molecule has 3 aromatic rings. The van der Waals surface area contributed by atoms with Crippen LogP contribution in [0.4, 0.5) is 0 Å². The highest BCUT2D eigenvalue weighted by Gasteiger charge is 2.17. The van der Waals surface area contributed by atoms with E-state index in [-0.39, 0.29) is 4.90 Å². The van der Waals surface area contributed by atoms with E-state index in [1.807, 2.05) is 0 Å². The van der Waals surface area contributed by atoms with Crippen LogP contribution >= 0.6 is 0 Å². The van der Waals surface area contributed by atoms with Gasteiger partial charge in [-0.15, -0.1) is 0 Å². The Hall–Kier alpha value is -2.15. The van der Waals surface area contributed by atoms with Crippen LogP contribution in [0.25, 0.3) is 22.6 Å². The first-order valence-corrected chi connectivity index (χ1v) is 7.45. The zero-order valence-electron chi connectivity index (χ0n) is 10.3. The van der Waals surface area contributed by atoms with Gasteiger partial charge in [-0.1, -0.05) is 6.07 Å². The number of aryl methyl sites for hydroxylation is 1. The maximum atomic E-state index is 11.7. The van der Waals surface area contributed by atoms with E-state index in [4.69, 9.17) is 4.42 Å². The number of fused-ring (bicyclic) bond motifs is 1. The summed E-state index contributed by atoms with van der Waals surface area (Å²) in [7, 11) is -3.32. The monoisotopic (exact) mass is 277 g/mol. The molecule has 0 spiro atoms. The Balaban J connectivity index is 2.31. The first kappa shape index (κ1) is 11.9. The number of H-pyrrole nitrogens is 1. The number of rotatable bonds is 2. The first-order chi connectivity index (χ1) is 8.97. The van der Waals surface area contributed by atoms with Crippen LogP contribution in [0.15, 0.2) is 33.9 Å². The fourth-order valence-electron chi connectivity index (χ4n) is 1.94. The van der Waals surface area contributed by atoms with Gasteiger partial charge in [-0.05, 0) is 19.1 Å². The molecular weight excluding hydrogens is 266 g/mol. The lowest BCUT2D eigenvalue weighted by Gasteiger charge is -1.97. The van der Waals surface area contributed by atoms with Gasteiger partial charge in [-0.2, -0.15) is 0 Å². The van der Waals surface area contributed by atoms with Gasteiger partial charge in [0.2, 0.25) is 0 Å². The number of aromatic nitrogens is 3. The Morgan fingerprint density at radius 1 is 1.32 bits per heavy atom. The van der Waals surface area contributed by atoms with E-state index < -0.39 is 9.84 Å². The topological polar surface area (TPSA) is 88.8 Å². The van der Waals surface area contributed by atoms with Gasteiger partial charge in [0, 0.05) is 6.26 Å². The van der Waals surface area contributed by atoms with Crippen molar-refractivity contribution in [3.63, 3.8) is 0 Å². The van der Waals surface area contributed by atoms with Crippen LogP contribution in [0.5, 0.6) is 0 Å². The number of para-hydroxylation sites is 1. The van der Waals surface area contributed by atoms with E-state index in [0.717, 1.165) is 6.26 Å². The van der Waals surface area contributed by atoms with E-state index in [0.29, 0.717) is 28.3 Å². The molecule has 1 aromatic carbocycles. The molecule has 1 N–H and O–H groups in total. The first-order valence-electron chi connectivity index (χ1n) is 5.56. The number of sulfone groups is 1. The van der Waals surface area contributed by atoms with Crippen molar-refractivity contribution in [2.45, 2.75) is 11.8 Å². The lowest BCUT2D eigenvalue weighted by Crippen LogP contribution is -1.97. The number of nitrogens with one attached hydrogen (secondary N) is 1. The largest absolute Gasteiger partial charge is 0.440 e. The number of hydrogen-bond donors (Lipinski definition) is 1. The Kier molecular flexibility index (Phi) is 2.46. The van der Waals surface area contributed by atoms with Crippen molar-refractivity contribution in [2.24, 2.45) is 0 Å². The lowest BCUT2D eigenvalue weighted by atomic mass is 10.3. The molecule has 0 aliphatic carbocycles. The van der Waals surface area contributed by atoms with Gasteiger partial charge in [-0.3, -0.25) is 0 Å². The summed E-state index contributed by atoms with van der Waals surface area (Å²) < 4.78 is 28.7. The van der Waals surface area contributed by atoms with Crippen molar-refractivity contribution in [3.05, 3.63) is 30.3 Å². The second-order valence-electron chi connectivity index (χ2n) is 4.28. The third kappa shape index (κ3) is 1.91. The van der Waals surface area contributed by atoms with Crippen LogP contribution in [0, 0.1) is 6.92 Å². The molecule has 0 amide bonds. The zero-order valence-corrected chi connectivity index (χ0v) is 11.2. The predicted octanol–water partition coefficient (Wildman–Crippen LogP) is 1.93. The Labute approximate surface area is 109 Å². The second kappa shape index (κ2) is 3.92. The van der Waals surface area contributed by atoms with Crippen LogP contribution in [0.1, 0.15) is 5.69 Å². The minimum atomic E-state index is -3.32. The van der Waals surface area contributed by atoms with Gasteiger partial charge in [-0.25, -0.2) is 18.4 Å². The van der Waals surface area contributed by atoms with Crippen LogP contribution < -0.4 is 0 Å². The molecule has 2 heterocycles. The van der Waals surface area contributed by atoms with E-state index in [2.05, 4.69) is 15.0 Å². The number of aromatic amines is 1. The van der Waals surface area contributed by atoms with Gasteiger partial charge in [0.15, 0.2) is 27.8 Å². The van der Waals surface area contributed by atoms with E-state index >= 15 is 0 Å². The SMILES string of the molecule is Cc1ncoc1-c1nc2c(S(C)(=O)=O)cccc2[nH]1. The summed E-state index contributed by atoms with van der Waals surface area (Å²) in [5.41, 5.74) is 1.75. The Morgan fingerprint density at radius 2 is 2.11 bits per heavy atom. The van der Waals surface area contributed by atoms with Gasteiger partial charge in [0.1, 0.15) is 5.52 Å². The lowest BCUT2D eigenvalue weighted by molar-refractivity contribution is 0.567. The molecule has 0 atom stereocenters. The van der Waals surface area contributed by atoms with Gasteiger partial charge in [0.25, 0.3) is 0 Å². The fourth-order valence-corrected chi connectivity index (χ4v) is 2.77. The Bertz CT molecular complexity index is 861. The molecule has 0 fully saturated rings. The van der Waals surface area contributed by atoms with Crippen LogP contribution in [-0.2, 0) is 9.84 Å². The van der Waals surface area contributed by atoms with Gasteiger partial charge >= 0.3 is 0 Å². The predicted molar refractivity (Wildman–Crippen MR) is 69.4 cm³/mol. The van der Waals surface area contributed by atoms with Crippen molar-refractivity contribution in [1.82, 2.24) is 15.0 Å². The number of hydrogen-bond acceptors (Lipinski definition) is 5. The molecule has 3 rings (SSSR count). The van der Waals surface area contributed by atoms with Crippen molar-refractivity contribution >= 4 is 20.9 Å². The second-order valence-corrected chi connectivity index (χ2v) is 6.26. The van der Waals surface area contributed by atoms with Crippen LogP contribution in [0.2, 0.25) is 0 Å². The van der Waals surface area contributed by atoms with Crippen LogP contribution in [0.3, 0.4) is 0 Å². The van der Waals surface area contributed by atoms with Crippen molar-refractivity contribution in [2.75, 3.05) is 6.26 Å². The molecule has 0 saturated heterocycles. The van der Waals surface area contributed by atoms with Crippen molar-refractivity contribution in [1.29, 1.82) is 0 Å². The summed E-state index contributed by atoms with van der Waals surface area (Å²) in [6, 6.07) is 4.98. The maximum Gasteiger partial charge on any atom is 0.192 e. The molecule has 0 bridgehead atoms. The highest BCUT2D eigenvalue weighted by Crippen LogP contribution is 2.26. The van der Waals surface area contributed by atoms with Crippen molar-refractivity contribution in [3.8, 4) is 11.6 Å². The number of oxazole rings is 1. The molecule has 0 aliphatic heterocycles. The van der Waals surface area contributed by atoms with Crippen LogP contribution in [-0.4, -0.2) is 29.6 Å². The third-order valence-corrected chi connectivity index (χ3v) is 3.96. The quantitative estimate of drug-likeness (QED) is 0.773. The summed E-state index contributed by atoms with van der Waals surface area (Å²) in [6.45, 7) is 1.80. The molecule has 0 aliphatic rings. The average molecular weight is 277 g/mol. The molecular formula is C12H11N3O3S. The smallest absolute Gasteiger partial charge is 0.192 e. The molecule has 19 heavy (non-hydrogen) atoms. The summed E-state index contributed by atoms with van der Waals surface area (Å²) in [5.74, 6) is 0.983. The normalized spacial score (nSPS) is 12.1. The van der Waals surface area contributed by atoms with E-state index in [1.54, 1.807) is 19.1 Å². The molecule has 0 unspecified atom stereocenters. The third-order valence-electron chi connectivity index (χ3n) is 2.84. The summed E-state index contributed by atoms with van der Waals surface area (Å²) in [5, 5.41) is 0. The molecule has 7 heteroatoms. The highest BCUT2D eigenvalue weighted by molar-refractivity contribution is 7.91. The number of benzene rings is 1. The Morgan fingerprint density at radius 3 is 2.74 bits per heavy atom. The molecule has 6 nitrogen and oxygen atoms in total. The molecule has 2 aromatic heterocycles. The number of imidazole rings is 1. The molecule has 0 radical (unpaired) electrons. The van der Waals surface area contributed by atoms with Crippen molar-refractivity contribution < 1.29 is 12.8 Å². The summed E-state index contributed by atoms with van der Waals surface area (Å²) in [6.07, 6.45) is 2.49. The molecule has 0 saturated carbocycles. The van der Waals surface area contributed by atoms with E-state index in [9.17, 15) is 8.42 Å². The van der Waals surface area contributed by atoms with Gasteiger partial charge < -0.3 is 9.40 Å². The summed E-state index contributed by atoms with van der Waals surface area (Å²) in [4.78, 5) is 11.5. The standard InChI is InChI=1S/C12H11N3O3S/c1-7-11(18-6-13-7)12-14-8-4-3-5-9(10(8)15-12)19(2,16)17/h3-6H,1-2H3,(H,14,15). The van der Waals surface area contributed by atoms with E-state index in [1.165, 1.54) is 12.5 Å². The minimum absolute atomic E-state index is 0.199. The highest BCUT2D eigenvalue weighted by atomic mass is 32.2. The zero-order chi connectivity index (χ0) is 13.6. The summed E-state index contributed by atoms with van der Waals surface area (Å²) >= 11 is 0. The average Bonchev–Trinajstić information content (AvgIpc) is 2.91. The maximum absolute atomic E-state index is 11.7. The molecule has 98 valence electrons. The fraction of sp³-hybridized carbons (Fsp3) is 0.167. The van der Waals surface area contributed by atoms with Gasteiger partial charge in [0.05, 0.1) is 16.1 Å². The minimum Gasteiger partial charge on any atom is -0.440 e. The number of nitrogens with zero attached hydrogens (tertiary/aromatic N) is 2.